The van der Waals surface area contributed by atoms with E-state index in [1.165, 1.54) is 112 Å². The maximum absolute atomic E-state index is 13.6. The molecule has 0 aliphatic carbocycles. The molecule has 14 aromatic rings. The largest absolute Gasteiger partial charge is 0.494 e. The number of aryl methyl sites for hydroxylation is 3. The van der Waals surface area contributed by atoms with Gasteiger partial charge in [-0.25, -0.2) is 73.5 Å². The van der Waals surface area contributed by atoms with Crippen molar-refractivity contribution in [1.29, 1.82) is 0 Å². The number of carbonyl (C=O) groups excluding carboxylic acids is 4. The molecule has 32 nitrogen and oxygen atoms in total. The van der Waals surface area contributed by atoms with E-state index in [1.807, 2.05) is 13.8 Å². The van der Waals surface area contributed by atoms with Crippen molar-refractivity contribution >= 4 is 189 Å². The molecule has 0 saturated heterocycles. The highest BCUT2D eigenvalue weighted by Crippen LogP contribution is 2.41. The average Bonchev–Trinajstić information content (AvgIpc) is 1.52. The number of hydrogen-bond donors (Lipinski definition) is 8. The monoisotopic (exact) mass is 1980 g/mol. The molecule has 2 aliphatic heterocycles. The number of aromatic amines is 3. The van der Waals surface area contributed by atoms with Gasteiger partial charge in [-0.3, -0.25) is 48.0 Å². The summed E-state index contributed by atoms with van der Waals surface area (Å²) in [5, 5.41) is 11.6. The van der Waals surface area contributed by atoms with Crippen LogP contribution in [-0.2, 0) is 52.4 Å². The summed E-state index contributed by atoms with van der Waals surface area (Å²) in [4.78, 5) is 101. The molecular formula is C83H60Cl6F6N18O14S4. The van der Waals surface area contributed by atoms with Gasteiger partial charge < -0.3 is 24.9 Å². The Balaban J connectivity index is 0.000000149. The number of nitrogens with one attached hydrogen (secondary N) is 7. The molecule has 48 heteroatoms. The van der Waals surface area contributed by atoms with E-state index in [0.717, 1.165) is 49.1 Å². The van der Waals surface area contributed by atoms with E-state index in [0.29, 0.717) is 71.8 Å². The number of ketones is 4. The van der Waals surface area contributed by atoms with Gasteiger partial charge in [0.05, 0.1) is 104 Å². The topological polar surface area (TPSA) is 464 Å². The summed E-state index contributed by atoms with van der Waals surface area (Å²) < 4.78 is 198. The maximum atomic E-state index is 13.6. The molecule has 10 aromatic heterocycles. The molecule has 0 fully saturated rings. The molecule has 2 aliphatic rings. The number of halogens is 12. The number of rotatable bonds is 22. The van der Waals surface area contributed by atoms with Crippen molar-refractivity contribution in [3.8, 4) is 17.1 Å². The first-order valence-electron chi connectivity index (χ1n) is 37.3. The van der Waals surface area contributed by atoms with E-state index < -0.39 is 107 Å². The van der Waals surface area contributed by atoms with Gasteiger partial charge in [0.15, 0.2) is 17.2 Å². The van der Waals surface area contributed by atoms with Crippen molar-refractivity contribution in [2.24, 2.45) is 0 Å². The van der Waals surface area contributed by atoms with Crippen LogP contribution in [0.4, 0.5) is 49.1 Å². The second-order valence-corrected chi connectivity index (χ2v) is 37.5. The predicted molar refractivity (Wildman–Crippen MR) is 475 cm³/mol. The highest BCUT2D eigenvalue weighted by Gasteiger charge is 2.38. The van der Waals surface area contributed by atoms with Crippen LogP contribution in [0.25, 0.3) is 44.6 Å². The van der Waals surface area contributed by atoms with Gasteiger partial charge in [-0.1, -0.05) is 89.5 Å². The molecule has 4 aromatic carbocycles. The van der Waals surface area contributed by atoms with Crippen molar-refractivity contribution in [3.05, 3.63) is 311 Å². The number of benzene rings is 4. The summed E-state index contributed by atoms with van der Waals surface area (Å²) >= 11 is 35.6. The zero-order valence-corrected chi connectivity index (χ0v) is 75.3. The van der Waals surface area contributed by atoms with Crippen LogP contribution in [0.1, 0.15) is 117 Å². The lowest BCUT2D eigenvalue weighted by molar-refractivity contribution is -0.138. The van der Waals surface area contributed by atoms with Crippen LogP contribution >= 0.6 is 69.6 Å². The number of aromatic nitrogens is 14. The Morgan fingerprint density at radius 3 is 1.39 bits per heavy atom. The fourth-order valence-electron chi connectivity index (χ4n) is 12.8. The third-order valence-electron chi connectivity index (χ3n) is 19.0. The van der Waals surface area contributed by atoms with Crippen LogP contribution in [0.15, 0.2) is 222 Å². The average molecular weight is 1990 g/mol. The normalized spacial score (nSPS) is 11.9. The van der Waals surface area contributed by atoms with Crippen LogP contribution in [0.2, 0.25) is 30.1 Å². The minimum absolute atomic E-state index is 0.0147. The number of methoxy groups -OCH3 is 1. The molecule has 674 valence electrons. The van der Waals surface area contributed by atoms with E-state index in [-0.39, 0.29) is 121 Å². The molecule has 8 N–H and O–H groups in total. The summed E-state index contributed by atoms with van der Waals surface area (Å²) in [6, 6.07) is 26.4. The van der Waals surface area contributed by atoms with Crippen molar-refractivity contribution in [2.75, 3.05) is 26.0 Å². The Morgan fingerprint density at radius 1 is 0.450 bits per heavy atom. The van der Waals surface area contributed by atoms with Crippen LogP contribution in [0.5, 0.6) is 5.75 Å². The molecule has 16 rings (SSSR count). The number of sulfonamides is 4. The molecular weight excluding hydrogens is 1930 g/mol. The highest BCUT2D eigenvalue weighted by atomic mass is 35.5. The van der Waals surface area contributed by atoms with Gasteiger partial charge in [0.2, 0.25) is 23.1 Å². The number of ether oxygens (including phenoxy) is 1. The quantitative estimate of drug-likeness (QED) is 0.0177. The number of imidazole rings is 1. The summed E-state index contributed by atoms with van der Waals surface area (Å²) in [6.45, 7) is 8.40. The van der Waals surface area contributed by atoms with E-state index >= 15 is 0 Å². The molecule has 0 amide bonds. The molecule has 0 saturated carbocycles. The van der Waals surface area contributed by atoms with Crippen LogP contribution < -0.4 is 23.6 Å². The van der Waals surface area contributed by atoms with Gasteiger partial charge in [0, 0.05) is 88.3 Å². The number of H-pyrrole nitrogens is 3. The second kappa shape index (κ2) is 38.0. The van der Waals surface area contributed by atoms with Crippen LogP contribution in [0, 0.1) is 20.8 Å². The summed E-state index contributed by atoms with van der Waals surface area (Å²) in [5.74, 6) is -2.44. The van der Waals surface area contributed by atoms with E-state index in [2.05, 4.69) is 83.7 Å². The first-order chi connectivity index (χ1) is 61.7. The standard InChI is InChI=1S/C23H19F3N4O5S.C22H18Cl2N4O3S.C20H14Cl2N4O3S.C18H9Cl2F3N6O3S/c1-12-8-17(29-36(33,34)14-5-4-13(2)16(9-14)23(24,25)26)20(28-10-12)21(31)19-15-6-7-27-22(15)30(32)11-18(19)35-3;1-12(2)17-10-14(3-4-18(17)24)32(30,31)28-19-9-13(23)11-27-20(19)21(29)15-5-7-25-22-16(15)6-8-26-22;1-11-8-17(26-30(28,29)12-2-3-15(21)16(22)9-12)18(25-10-11)19(27)13-4-6-23-20-14(13)5-7-24-20;19-8-3-12(29-33(31,32)9-1-2-11(20)10(4-9)18(21,22)23)13(24-5-8)16(30)14-15-17(27-6-25-14)28-7-26-15/h4-11,29,32H,1-3H3;3-12,28H,1-2H3,(H,25,26);2-10,26H,1H3,(H,23,24);1-7,29H,(H,25,26,27,28). The van der Waals surface area contributed by atoms with Gasteiger partial charge in [0.25, 0.3) is 40.1 Å². The van der Waals surface area contributed by atoms with Crippen molar-refractivity contribution in [2.45, 2.75) is 72.5 Å². The van der Waals surface area contributed by atoms with Gasteiger partial charge >= 0.3 is 12.4 Å². The lowest BCUT2D eigenvalue weighted by Gasteiger charge is -2.17. The Hall–Kier alpha value is -13.3. The van der Waals surface area contributed by atoms with Gasteiger partial charge in [-0.2, -0.15) is 31.1 Å². The van der Waals surface area contributed by atoms with Crippen LogP contribution in [0.3, 0.4) is 0 Å². The number of pyridine rings is 7. The number of carbonyl (C=O) groups is 4. The number of nitrogens with zero attached hydrogens (tertiary/aromatic N) is 11. The zero-order valence-electron chi connectivity index (χ0n) is 67.5. The van der Waals surface area contributed by atoms with E-state index in [9.17, 15) is 84.4 Å². The third-order valence-corrected chi connectivity index (χ3v) is 26.3. The number of hydrogen-bond acceptors (Lipinski definition) is 24. The van der Waals surface area contributed by atoms with Gasteiger partial charge in [-0.05, 0) is 170 Å². The molecule has 0 spiro atoms. The number of anilines is 4. The van der Waals surface area contributed by atoms with Crippen LogP contribution in [-0.4, -0.2) is 139 Å². The maximum Gasteiger partial charge on any atom is 0.417 e. The van der Waals surface area contributed by atoms with E-state index in [1.54, 1.807) is 56.6 Å². The third kappa shape index (κ3) is 21.0. The Kier molecular flexibility index (Phi) is 27.7. The zero-order chi connectivity index (χ0) is 94.9. The lowest BCUT2D eigenvalue weighted by Crippen LogP contribution is -2.19. The molecule has 0 radical (unpaired) electrons. The molecule has 131 heavy (non-hydrogen) atoms. The minimum Gasteiger partial charge on any atom is -0.494 e. The van der Waals surface area contributed by atoms with Crippen molar-refractivity contribution in [1.82, 2.24) is 69.5 Å². The number of alkyl halides is 6. The fraction of sp³-hybridized carbons (Fsp3) is 0.108. The first-order valence-corrected chi connectivity index (χ1v) is 45.5. The predicted octanol–water partition coefficient (Wildman–Crippen LogP) is 18.4. The van der Waals surface area contributed by atoms with E-state index in [4.69, 9.17) is 74.3 Å². The number of fused-ring (bicyclic) bond motifs is 4. The molecule has 0 unspecified atom stereocenters. The fourth-order valence-corrected chi connectivity index (χ4v) is 18.4. The Bertz CT molecular complexity index is 7730. The second-order valence-electron chi connectivity index (χ2n) is 28.3. The highest BCUT2D eigenvalue weighted by molar-refractivity contribution is 7.93. The SMILES string of the molecule is CC(C)c1cc(S(=O)(=O)Nc2cc(Cl)cnc2C(=O)c2ccnc3[nH]ccc23)ccc1Cl.COc1cn(O)c2nccc-2c1C(=O)c1ncc(C)cc1NS(=O)(=O)c1ccc(C)c(C(F)(F)F)c1.Cc1cnc(C(=O)c2ccnc3[nH]ccc23)c(NS(=O)(=O)c2ccc(Cl)c(Cl)c2)c1.O=C(c1ncc(Cl)cc1NS(=O)(=O)c1ccc(Cl)c(C(F)(F)F)c1)c1ncnc2nc[nH]c12. The Labute approximate surface area is 768 Å². The summed E-state index contributed by atoms with van der Waals surface area (Å²) in [7, 11) is -16.0. The van der Waals surface area contributed by atoms with Gasteiger partial charge in [0.1, 0.15) is 51.6 Å². The first kappa shape index (κ1) is 95.3. The van der Waals surface area contributed by atoms with Crippen molar-refractivity contribution in [3.63, 3.8) is 0 Å². The smallest absolute Gasteiger partial charge is 0.417 e. The Morgan fingerprint density at radius 2 is 0.893 bits per heavy atom. The van der Waals surface area contributed by atoms with Crippen molar-refractivity contribution < 1.29 is 89.1 Å². The molecule has 0 bridgehead atoms. The van der Waals surface area contributed by atoms with Gasteiger partial charge in [-0.15, -0.1) is 0 Å². The molecule has 0 atom stereocenters. The summed E-state index contributed by atoms with van der Waals surface area (Å²) in [6.07, 6.45) is 6.76. The minimum atomic E-state index is -4.89. The summed E-state index contributed by atoms with van der Waals surface area (Å²) in [5.41, 5.74) is 0.0250. The lowest BCUT2D eigenvalue weighted by atomic mass is 10.0. The molecule has 12 heterocycles.